The van der Waals surface area contributed by atoms with Gasteiger partial charge >= 0.3 is 0 Å². The number of unbranched alkanes of at least 4 members (excludes halogenated alkanes) is 4. The Balaban J connectivity index is 1.97. The number of epoxide rings is 1. The second-order valence-electron chi connectivity index (χ2n) is 4.47. The van der Waals surface area contributed by atoms with Crippen molar-refractivity contribution in [2.75, 3.05) is 0 Å². The SMILES string of the molecule is C=C/C=C/CC[C@@H]1O[C@@H]1C#CCCCCCC. The molecule has 0 aromatic heterocycles. The van der Waals surface area contributed by atoms with Crippen LogP contribution in [0.5, 0.6) is 0 Å². The Morgan fingerprint density at radius 3 is 2.94 bits per heavy atom. The van der Waals surface area contributed by atoms with Gasteiger partial charge < -0.3 is 4.74 Å². The molecule has 1 fully saturated rings. The standard InChI is InChI=1S/C16H24O/c1-3-5-7-9-10-12-14-16-15(17-16)13-11-8-6-4-2/h4,6,8,15-16H,2-3,5,7,9-11,13H2,1H3/b8-6+/t15-,16+/m0/s1. The quantitative estimate of drug-likeness (QED) is 0.264. The van der Waals surface area contributed by atoms with Gasteiger partial charge in [-0.2, -0.15) is 0 Å². The second-order valence-corrected chi connectivity index (χ2v) is 4.47. The molecule has 0 amide bonds. The Kier molecular flexibility index (Phi) is 7.51. The molecule has 0 aliphatic carbocycles. The molecule has 1 aliphatic heterocycles. The fourth-order valence-corrected chi connectivity index (χ4v) is 1.76. The van der Waals surface area contributed by atoms with Crippen LogP contribution in [0.2, 0.25) is 0 Å². The predicted octanol–water partition coefficient (Wildman–Crippen LogP) is 4.25. The highest BCUT2D eigenvalue weighted by molar-refractivity contribution is 5.14. The van der Waals surface area contributed by atoms with Gasteiger partial charge in [-0.3, -0.25) is 0 Å². The van der Waals surface area contributed by atoms with Crippen LogP contribution < -0.4 is 0 Å². The van der Waals surface area contributed by atoms with E-state index in [0.717, 1.165) is 19.3 Å². The van der Waals surface area contributed by atoms with Crippen LogP contribution in [0.15, 0.2) is 24.8 Å². The van der Waals surface area contributed by atoms with E-state index in [9.17, 15) is 0 Å². The molecule has 0 spiro atoms. The fraction of sp³-hybridized carbons (Fsp3) is 0.625. The number of ether oxygens (including phenoxy) is 1. The molecule has 2 atom stereocenters. The lowest BCUT2D eigenvalue weighted by molar-refractivity contribution is 0.383. The minimum Gasteiger partial charge on any atom is -0.356 e. The molecule has 1 rings (SSSR count). The van der Waals surface area contributed by atoms with Crippen LogP contribution in [-0.4, -0.2) is 12.2 Å². The van der Waals surface area contributed by atoms with Crippen molar-refractivity contribution in [3.05, 3.63) is 24.8 Å². The van der Waals surface area contributed by atoms with Crippen molar-refractivity contribution in [3.8, 4) is 11.8 Å². The van der Waals surface area contributed by atoms with Crippen molar-refractivity contribution in [1.82, 2.24) is 0 Å². The summed E-state index contributed by atoms with van der Waals surface area (Å²) in [7, 11) is 0. The summed E-state index contributed by atoms with van der Waals surface area (Å²) in [6.45, 7) is 5.87. The van der Waals surface area contributed by atoms with Crippen molar-refractivity contribution in [3.63, 3.8) is 0 Å². The third-order valence-electron chi connectivity index (χ3n) is 2.87. The molecule has 0 N–H and O–H groups in total. The summed E-state index contributed by atoms with van der Waals surface area (Å²) in [5, 5.41) is 0. The van der Waals surface area contributed by atoms with Crippen LogP contribution in [0, 0.1) is 11.8 Å². The van der Waals surface area contributed by atoms with E-state index in [2.05, 4.69) is 31.4 Å². The van der Waals surface area contributed by atoms with Crippen LogP contribution in [-0.2, 0) is 4.74 Å². The average molecular weight is 232 g/mol. The minimum absolute atomic E-state index is 0.221. The van der Waals surface area contributed by atoms with Crippen molar-refractivity contribution >= 4 is 0 Å². The molecule has 0 bridgehead atoms. The van der Waals surface area contributed by atoms with E-state index in [1.54, 1.807) is 6.08 Å². The molecular formula is C16H24O. The fourth-order valence-electron chi connectivity index (χ4n) is 1.76. The van der Waals surface area contributed by atoms with E-state index in [-0.39, 0.29) is 6.10 Å². The number of allylic oxidation sites excluding steroid dienone is 3. The van der Waals surface area contributed by atoms with Gasteiger partial charge in [0.05, 0.1) is 6.10 Å². The first-order valence-electron chi connectivity index (χ1n) is 6.80. The zero-order valence-corrected chi connectivity index (χ0v) is 11.0. The summed E-state index contributed by atoms with van der Waals surface area (Å²) in [4.78, 5) is 0. The van der Waals surface area contributed by atoms with Crippen molar-refractivity contribution < 1.29 is 4.74 Å². The Morgan fingerprint density at radius 1 is 1.29 bits per heavy atom. The molecule has 0 unspecified atom stereocenters. The summed E-state index contributed by atoms with van der Waals surface area (Å²) in [6.07, 6.45) is 14.9. The molecule has 1 nitrogen and oxygen atoms in total. The minimum atomic E-state index is 0.221. The maximum absolute atomic E-state index is 5.49. The monoisotopic (exact) mass is 232 g/mol. The van der Waals surface area contributed by atoms with Gasteiger partial charge in [-0.05, 0) is 19.3 Å². The topological polar surface area (TPSA) is 12.5 Å². The molecule has 0 radical (unpaired) electrons. The maximum atomic E-state index is 5.49. The smallest absolute Gasteiger partial charge is 0.144 e. The molecule has 1 heterocycles. The Bertz CT molecular complexity index is 292. The normalized spacial score (nSPS) is 22.2. The molecule has 1 aliphatic rings. The second kappa shape index (κ2) is 9.07. The van der Waals surface area contributed by atoms with Crippen LogP contribution in [0.1, 0.15) is 51.9 Å². The van der Waals surface area contributed by atoms with E-state index >= 15 is 0 Å². The number of hydrogen-bond acceptors (Lipinski definition) is 1. The Morgan fingerprint density at radius 2 is 2.18 bits per heavy atom. The van der Waals surface area contributed by atoms with Crippen molar-refractivity contribution in [2.45, 2.75) is 64.1 Å². The van der Waals surface area contributed by atoms with E-state index in [1.807, 2.05) is 6.08 Å². The Hall–Kier alpha value is -1.00. The zero-order valence-electron chi connectivity index (χ0n) is 11.0. The Labute approximate surface area is 106 Å². The molecule has 0 aromatic carbocycles. The lowest BCUT2D eigenvalue weighted by Crippen LogP contribution is -1.89. The highest BCUT2D eigenvalue weighted by atomic mass is 16.6. The van der Waals surface area contributed by atoms with Crippen molar-refractivity contribution in [1.29, 1.82) is 0 Å². The van der Waals surface area contributed by atoms with Crippen LogP contribution in [0.4, 0.5) is 0 Å². The largest absolute Gasteiger partial charge is 0.356 e. The average Bonchev–Trinajstić information content (AvgIpc) is 3.08. The molecular weight excluding hydrogens is 208 g/mol. The zero-order chi connectivity index (χ0) is 12.3. The van der Waals surface area contributed by atoms with Gasteiger partial charge in [0, 0.05) is 6.42 Å². The first-order chi connectivity index (χ1) is 8.38. The first-order valence-corrected chi connectivity index (χ1v) is 6.80. The molecule has 17 heavy (non-hydrogen) atoms. The highest BCUT2D eigenvalue weighted by Crippen LogP contribution is 2.25. The number of hydrogen-bond donors (Lipinski definition) is 0. The van der Waals surface area contributed by atoms with Crippen LogP contribution in [0.3, 0.4) is 0 Å². The van der Waals surface area contributed by atoms with E-state index in [0.29, 0.717) is 6.10 Å². The van der Waals surface area contributed by atoms with Gasteiger partial charge in [0.2, 0.25) is 0 Å². The molecule has 94 valence electrons. The summed E-state index contributed by atoms with van der Waals surface area (Å²) < 4.78 is 5.49. The van der Waals surface area contributed by atoms with Gasteiger partial charge in [0.1, 0.15) is 6.10 Å². The summed E-state index contributed by atoms with van der Waals surface area (Å²) in [5.41, 5.74) is 0. The van der Waals surface area contributed by atoms with Crippen LogP contribution >= 0.6 is 0 Å². The summed E-state index contributed by atoms with van der Waals surface area (Å²) >= 11 is 0. The molecule has 1 saturated heterocycles. The predicted molar refractivity (Wildman–Crippen MR) is 73.8 cm³/mol. The third kappa shape index (κ3) is 7.02. The number of rotatable bonds is 8. The lowest BCUT2D eigenvalue weighted by atomic mass is 10.1. The summed E-state index contributed by atoms with van der Waals surface area (Å²) in [6, 6.07) is 0. The third-order valence-corrected chi connectivity index (χ3v) is 2.87. The lowest BCUT2D eigenvalue weighted by Gasteiger charge is -1.91. The van der Waals surface area contributed by atoms with Crippen molar-refractivity contribution in [2.24, 2.45) is 0 Å². The first kappa shape index (κ1) is 14.1. The van der Waals surface area contributed by atoms with Gasteiger partial charge in [-0.25, -0.2) is 0 Å². The van der Waals surface area contributed by atoms with Gasteiger partial charge in [0.15, 0.2) is 0 Å². The van der Waals surface area contributed by atoms with E-state index < -0.39 is 0 Å². The molecule has 1 heteroatoms. The maximum Gasteiger partial charge on any atom is 0.144 e. The van der Waals surface area contributed by atoms with Gasteiger partial charge in [0.25, 0.3) is 0 Å². The molecule has 0 aromatic rings. The van der Waals surface area contributed by atoms with Gasteiger partial charge in [-0.15, -0.1) is 5.92 Å². The molecule has 0 saturated carbocycles. The van der Waals surface area contributed by atoms with Gasteiger partial charge in [-0.1, -0.05) is 56.9 Å². The highest BCUT2D eigenvalue weighted by Gasteiger charge is 2.36. The summed E-state index contributed by atoms with van der Waals surface area (Å²) in [5.74, 6) is 6.44. The van der Waals surface area contributed by atoms with E-state index in [4.69, 9.17) is 4.74 Å². The van der Waals surface area contributed by atoms with Crippen LogP contribution in [0.25, 0.3) is 0 Å². The van der Waals surface area contributed by atoms with E-state index in [1.165, 1.54) is 25.7 Å².